The summed E-state index contributed by atoms with van der Waals surface area (Å²) in [6.45, 7) is 1.76. The lowest BCUT2D eigenvalue weighted by Crippen LogP contribution is -2.11. The molecule has 3 N–H and O–H groups in total. The molecule has 0 unspecified atom stereocenters. The number of benzene rings is 3. The molecule has 0 spiro atoms. The fourth-order valence-corrected chi connectivity index (χ4v) is 3.67. The lowest BCUT2D eigenvalue weighted by Gasteiger charge is -2.13. The Labute approximate surface area is 160 Å². The summed E-state index contributed by atoms with van der Waals surface area (Å²) >= 11 is 0. The zero-order chi connectivity index (χ0) is 19.8. The van der Waals surface area contributed by atoms with E-state index in [1.54, 1.807) is 30.3 Å². The first-order valence-electron chi connectivity index (χ1n) is 8.82. The van der Waals surface area contributed by atoms with E-state index in [1.165, 1.54) is 13.0 Å². The predicted molar refractivity (Wildman–Crippen MR) is 108 cm³/mol. The topological polar surface area (TPSA) is 77.1 Å². The lowest BCUT2D eigenvalue weighted by molar-refractivity contribution is -0.114. The van der Waals surface area contributed by atoms with E-state index in [9.17, 15) is 14.0 Å². The number of nitrogens with two attached hydrogens (primary N) is 1. The fourth-order valence-electron chi connectivity index (χ4n) is 3.67. The number of halogens is 1. The molecule has 0 saturated carbocycles. The Bertz CT molecular complexity index is 1240. The summed E-state index contributed by atoms with van der Waals surface area (Å²) in [5.41, 5.74) is 8.49. The molecule has 6 heteroatoms. The van der Waals surface area contributed by atoms with Crippen molar-refractivity contribution in [2.75, 3.05) is 5.32 Å². The van der Waals surface area contributed by atoms with E-state index in [0.29, 0.717) is 39.6 Å². The monoisotopic (exact) mass is 375 g/mol. The number of primary amides is 1. The third-order valence-corrected chi connectivity index (χ3v) is 4.78. The second-order valence-corrected chi connectivity index (χ2v) is 6.62. The lowest BCUT2D eigenvalue weighted by atomic mass is 10.1. The van der Waals surface area contributed by atoms with Gasteiger partial charge in [0.15, 0.2) is 0 Å². The van der Waals surface area contributed by atoms with Crippen molar-refractivity contribution in [2.45, 2.75) is 13.5 Å². The van der Waals surface area contributed by atoms with Crippen LogP contribution in [-0.2, 0) is 11.3 Å². The van der Waals surface area contributed by atoms with E-state index in [-0.39, 0.29) is 11.7 Å². The van der Waals surface area contributed by atoms with Crippen LogP contribution in [0.3, 0.4) is 0 Å². The SMILES string of the molecule is CC(=O)Nc1ccccc1Cn1c2cccc(C(N)=O)c2c2cccc(F)c21. The first-order chi connectivity index (χ1) is 13.5. The van der Waals surface area contributed by atoms with Crippen molar-refractivity contribution in [3.05, 3.63) is 77.6 Å². The van der Waals surface area contributed by atoms with E-state index in [1.807, 2.05) is 28.8 Å². The molecule has 28 heavy (non-hydrogen) atoms. The second-order valence-electron chi connectivity index (χ2n) is 6.62. The third-order valence-electron chi connectivity index (χ3n) is 4.78. The molecular weight excluding hydrogens is 357 g/mol. The highest BCUT2D eigenvalue weighted by molar-refractivity contribution is 6.18. The molecule has 3 aromatic carbocycles. The second kappa shape index (κ2) is 6.81. The minimum absolute atomic E-state index is 0.183. The Balaban J connectivity index is 2.01. The van der Waals surface area contributed by atoms with Gasteiger partial charge in [0.1, 0.15) is 5.82 Å². The number of hydrogen-bond acceptors (Lipinski definition) is 2. The van der Waals surface area contributed by atoms with Gasteiger partial charge < -0.3 is 15.6 Å². The molecule has 0 radical (unpaired) electrons. The van der Waals surface area contributed by atoms with Crippen LogP contribution < -0.4 is 11.1 Å². The largest absolute Gasteiger partial charge is 0.366 e. The molecule has 0 aliphatic heterocycles. The van der Waals surface area contributed by atoms with E-state index >= 15 is 0 Å². The Kier molecular flexibility index (Phi) is 4.31. The highest BCUT2D eigenvalue weighted by Crippen LogP contribution is 2.34. The molecule has 4 aromatic rings. The summed E-state index contributed by atoms with van der Waals surface area (Å²) in [5.74, 6) is -1.13. The van der Waals surface area contributed by atoms with Gasteiger partial charge in [-0.1, -0.05) is 36.4 Å². The molecule has 1 aromatic heterocycles. The fraction of sp³-hybridized carbons (Fsp3) is 0.0909. The van der Waals surface area contributed by atoms with Crippen LogP contribution in [0.1, 0.15) is 22.8 Å². The minimum atomic E-state index is -0.562. The molecule has 0 bridgehead atoms. The average Bonchev–Trinajstić information content (AvgIpc) is 2.98. The number of amides is 2. The Morgan fingerprint density at radius 1 is 1.04 bits per heavy atom. The smallest absolute Gasteiger partial charge is 0.249 e. The number of aromatic nitrogens is 1. The van der Waals surface area contributed by atoms with Crippen LogP contribution in [0.2, 0.25) is 0 Å². The zero-order valence-electron chi connectivity index (χ0n) is 15.2. The van der Waals surface area contributed by atoms with Crippen molar-refractivity contribution < 1.29 is 14.0 Å². The van der Waals surface area contributed by atoms with Gasteiger partial charge in [-0.15, -0.1) is 0 Å². The van der Waals surface area contributed by atoms with Gasteiger partial charge in [-0.25, -0.2) is 4.39 Å². The van der Waals surface area contributed by atoms with Crippen molar-refractivity contribution in [3.8, 4) is 0 Å². The van der Waals surface area contributed by atoms with Gasteiger partial charge in [0.25, 0.3) is 0 Å². The maximum absolute atomic E-state index is 14.8. The van der Waals surface area contributed by atoms with Gasteiger partial charge in [-0.2, -0.15) is 0 Å². The van der Waals surface area contributed by atoms with Crippen molar-refractivity contribution in [1.82, 2.24) is 4.57 Å². The van der Waals surface area contributed by atoms with Crippen LogP contribution in [0, 0.1) is 5.82 Å². The number of carbonyl (C=O) groups excluding carboxylic acids is 2. The Morgan fingerprint density at radius 2 is 1.79 bits per heavy atom. The molecule has 0 atom stereocenters. The van der Waals surface area contributed by atoms with Gasteiger partial charge in [0.2, 0.25) is 11.8 Å². The Morgan fingerprint density at radius 3 is 2.54 bits per heavy atom. The Hall–Kier alpha value is -3.67. The van der Waals surface area contributed by atoms with E-state index < -0.39 is 5.91 Å². The number of para-hydroxylation sites is 2. The van der Waals surface area contributed by atoms with Crippen LogP contribution in [-0.4, -0.2) is 16.4 Å². The van der Waals surface area contributed by atoms with Gasteiger partial charge in [-0.3, -0.25) is 9.59 Å². The van der Waals surface area contributed by atoms with Crippen LogP contribution in [0.4, 0.5) is 10.1 Å². The first kappa shape index (κ1) is 17.7. The summed E-state index contributed by atoms with van der Waals surface area (Å²) in [5, 5.41) is 4.06. The molecule has 140 valence electrons. The normalized spacial score (nSPS) is 11.1. The minimum Gasteiger partial charge on any atom is -0.366 e. The van der Waals surface area contributed by atoms with Crippen LogP contribution in [0.15, 0.2) is 60.7 Å². The van der Waals surface area contributed by atoms with Crippen molar-refractivity contribution in [2.24, 2.45) is 5.73 Å². The number of hydrogen-bond donors (Lipinski definition) is 2. The third kappa shape index (κ3) is 2.89. The van der Waals surface area contributed by atoms with Gasteiger partial charge in [0.05, 0.1) is 17.6 Å². The summed E-state index contributed by atoms with van der Waals surface area (Å²) in [6, 6.07) is 17.4. The first-order valence-corrected chi connectivity index (χ1v) is 8.82. The van der Waals surface area contributed by atoms with Gasteiger partial charge in [0, 0.05) is 28.9 Å². The molecule has 2 amide bonds. The number of carbonyl (C=O) groups is 2. The van der Waals surface area contributed by atoms with Crippen LogP contribution in [0.25, 0.3) is 21.8 Å². The number of rotatable bonds is 4. The van der Waals surface area contributed by atoms with Gasteiger partial charge in [-0.05, 0) is 29.8 Å². The number of nitrogens with zero attached hydrogens (tertiary/aromatic N) is 1. The predicted octanol–water partition coefficient (Wildman–Crippen LogP) is 4.04. The van der Waals surface area contributed by atoms with E-state index in [0.717, 1.165) is 5.56 Å². The molecule has 4 rings (SSSR count). The molecule has 0 saturated heterocycles. The number of fused-ring (bicyclic) bond motifs is 3. The summed E-state index contributed by atoms with van der Waals surface area (Å²) in [4.78, 5) is 23.5. The average molecular weight is 375 g/mol. The molecule has 0 aliphatic rings. The van der Waals surface area contributed by atoms with Crippen LogP contribution in [0.5, 0.6) is 0 Å². The zero-order valence-corrected chi connectivity index (χ0v) is 15.2. The highest BCUT2D eigenvalue weighted by atomic mass is 19.1. The number of anilines is 1. The summed E-state index contributed by atoms with van der Waals surface area (Å²) in [6.07, 6.45) is 0. The molecule has 0 aliphatic carbocycles. The molecule has 0 fully saturated rings. The molecule has 5 nitrogen and oxygen atoms in total. The van der Waals surface area contributed by atoms with Gasteiger partial charge >= 0.3 is 0 Å². The standard InChI is InChI=1S/C22H18FN3O2/c1-13(27)25-18-10-3-2-6-14(18)12-26-19-11-5-8-16(22(24)28)20(19)15-7-4-9-17(23)21(15)26/h2-11H,12H2,1H3,(H2,24,28)(H,25,27). The maximum Gasteiger partial charge on any atom is 0.249 e. The maximum atomic E-state index is 14.8. The van der Waals surface area contributed by atoms with E-state index in [2.05, 4.69) is 5.32 Å². The van der Waals surface area contributed by atoms with E-state index in [4.69, 9.17) is 5.73 Å². The van der Waals surface area contributed by atoms with Crippen molar-refractivity contribution >= 4 is 39.3 Å². The summed E-state index contributed by atoms with van der Waals surface area (Å²) in [7, 11) is 0. The van der Waals surface area contributed by atoms with Crippen LogP contribution >= 0.6 is 0 Å². The van der Waals surface area contributed by atoms with Crippen molar-refractivity contribution in [3.63, 3.8) is 0 Å². The highest BCUT2D eigenvalue weighted by Gasteiger charge is 2.19. The molecule has 1 heterocycles. The quantitative estimate of drug-likeness (QED) is 0.565. The van der Waals surface area contributed by atoms with Crippen molar-refractivity contribution in [1.29, 1.82) is 0 Å². The molecular formula is C22H18FN3O2. The summed E-state index contributed by atoms with van der Waals surface area (Å²) < 4.78 is 16.6. The number of nitrogens with one attached hydrogen (secondary N) is 1.